The number of hydrogen-bond donors (Lipinski definition) is 0. The minimum Gasteiger partial charge on any atom is -0.259 e. The van der Waals surface area contributed by atoms with E-state index in [0.29, 0.717) is 5.69 Å². The summed E-state index contributed by atoms with van der Waals surface area (Å²) < 4.78 is 11.1. The van der Waals surface area contributed by atoms with Gasteiger partial charge in [-0.15, -0.1) is 12.4 Å². The van der Waals surface area contributed by atoms with E-state index < -0.39 is 0 Å². The molecule has 10 heavy (non-hydrogen) atoms. The molecule has 1 aromatic rings. The van der Waals surface area contributed by atoms with Crippen molar-refractivity contribution in [2.45, 2.75) is 6.61 Å². The lowest BCUT2D eigenvalue weighted by Gasteiger charge is -1.90. The molecule has 0 N–H and O–H groups in total. The highest BCUT2D eigenvalue weighted by Gasteiger charge is 1.89. The molecule has 0 atom stereocenters. The van der Waals surface area contributed by atoms with Crippen molar-refractivity contribution in [1.29, 1.82) is 0 Å². The van der Waals surface area contributed by atoms with Crippen molar-refractivity contribution < 1.29 is 9.47 Å². The van der Waals surface area contributed by atoms with Crippen LogP contribution in [0.15, 0.2) is 24.4 Å². The topological polar surface area (TPSA) is 22.1 Å². The summed E-state index contributed by atoms with van der Waals surface area (Å²) in [6.45, 7) is -0.0686. The molecular weight excluding hydrogens is 157 g/mol. The van der Waals surface area contributed by atoms with E-state index in [2.05, 4.69) is 9.93 Å². The van der Waals surface area contributed by atoms with E-state index in [1.807, 2.05) is 0 Å². The van der Waals surface area contributed by atoms with Crippen LogP contribution in [0.3, 0.4) is 0 Å². The molecule has 56 valence electrons. The van der Waals surface area contributed by atoms with Crippen molar-refractivity contribution >= 4 is 12.4 Å². The van der Waals surface area contributed by atoms with Gasteiger partial charge in [-0.05, 0) is 16.7 Å². The molecule has 0 aromatic carbocycles. The molecule has 1 heterocycles. The van der Waals surface area contributed by atoms with E-state index in [-0.39, 0.29) is 19.0 Å². The van der Waals surface area contributed by atoms with Crippen LogP contribution >= 0.6 is 12.4 Å². The standard InChI is InChI=1S/C6H6FNO.ClH/c7-9-5-6-3-1-2-4-8-6;/h1-4H,5H2;1H. The van der Waals surface area contributed by atoms with Crippen LogP contribution in [0.2, 0.25) is 0 Å². The highest BCUT2D eigenvalue weighted by molar-refractivity contribution is 5.85. The van der Waals surface area contributed by atoms with Crippen molar-refractivity contribution in [2.24, 2.45) is 0 Å². The van der Waals surface area contributed by atoms with Gasteiger partial charge < -0.3 is 0 Å². The van der Waals surface area contributed by atoms with E-state index in [0.717, 1.165) is 0 Å². The molecular formula is C6H7ClFNO. The summed E-state index contributed by atoms with van der Waals surface area (Å²) in [4.78, 5) is 7.17. The van der Waals surface area contributed by atoms with Gasteiger partial charge in [0, 0.05) is 6.20 Å². The van der Waals surface area contributed by atoms with E-state index in [1.54, 1.807) is 24.4 Å². The van der Waals surface area contributed by atoms with E-state index in [9.17, 15) is 4.53 Å². The molecule has 0 radical (unpaired) electrons. The molecule has 0 aliphatic carbocycles. The second-order valence-electron chi connectivity index (χ2n) is 1.57. The Bertz CT molecular complexity index is 171. The summed E-state index contributed by atoms with van der Waals surface area (Å²) >= 11 is 0. The molecule has 0 fully saturated rings. The number of aromatic nitrogens is 1. The van der Waals surface area contributed by atoms with Gasteiger partial charge >= 0.3 is 0 Å². The van der Waals surface area contributed by atoms with Crippen LogP contribution in [0.25, 0.3) is 0 Å². The summed E-state index contributed by atoms with van der Waals surface area (Å²) in [5.41, 5.74) is 0.597. The highest BCUT2D eigenvalue weighted by Crippen LogP contribution is 1.94. The molecule has 0 unspecified atom stereocenters. The molecule has 1 rings (SSSR count). The molecule has 0 aliphatic heterocycles. The maximum atomic E-state index is 11.1. The Morgan fingerprint density at radius 2 is 2.30 bits per heavy atom. The Labute approximate surface area is 64.3 Å². The Morgan fingerprint density at radius 1 is 1.50 bits per heavy atom. The zero-order valence-electron chi connectivity index (χ0n) is 5.16. The Balaban J connectivity index is 0.000000810. The summed E-state index contributed by atoms with van der Waals surface area (Å²) in [5, 5.41) is 0. The first-order valence-corrected chi connectivity index (χ1v) is 2.57. The Kier molecular flexibility index (Phi) is 4.80. The van der Waals surface area contributed by atoms with Gasteiger partial charge in [-0.3, -0.25) is 4.98 Å². The summed E-state index contributed by atoms with van der Waals surface area (Å²) in [7, 11) is 0. The van der Waals surface area contributed by atoms with Gasteiger partial charge in [-0.1, -0.05) is 6.07 Å². The summed E-state index contributed by atoms with van der Waals surface area (Å²) in [6.07, 6.45) is 1.59. The predicted molar refractivity (Wildman–Crippen MR) is 37.4 cm³/mol. The third-order valence-electron chi connectivity index (χ3n) is 0.929. The molecule has 0 aliphatic rings. The van der Waals surface area contributed by atoms with Crippen LogP contribution in [0.1, 0.15) is 5.69 Å². The normalized spacial score (nSPS) is 8.50. The predicted octanol–water partition coefficient (Wildman–Crippen LogP) is 1.90. The largest absolute Gasteiger partial charge is 0.259 e. The summed E-state index contributed by atoms with van der Waals surface area (Å²) in [5.74, 6) is 0. The number of pyridine rings is 1. The first-order valence-electron chi connectivity index (χ1n) is 2.57. The number of rotatable bonds is 2. The van der Waals surface area contributed by atoms with E-state index in [1.165, 1.54) is 0 Å². The quantitative estimate of drug-likeness (QED) is 0.665. The van der Waals surface area contributed by atoms with Gasteiger partial charge in [0.05, 0.1) is 5.69 Å². The molecule has 0 saturated heterocycles. The van der Waals surface area contributed by atoms with E-state index >= 15 is 0 Å². The van der Waals surface area contributed by atoms with Gasteiger partial charge in [0.15, 0.2) is 0 Å². The Hall–Kier alpha value is -0.670. The zero-order valence-corrected chi connectivity index (χ0v) is 5.97. The zero-order chi connectivity index (χ0) is 6.53. The fraction of sp³-hybridized carbons (Fsp3) is 0.167. The van der Waals surface area contributed by atoms with Crippen LogP contribution in [0.5, 0.6) is 0 Å². The molecule has 0 bridgehead atoms. The fourth-order valence-corrected chi connectivity index (χ4v) is 0.539. The molecule has 0 amide bonds. The Morgan fingerprint density at radius 3 is 2.80 bits per heavy atom. The van der Waals surface area contributed by atoms with Gasteiger partial charge in [0.2, 0.25) is 0 Å². The lowest BCUT2D eigenvalue weighted by molar-refractivity contribution is -0.145. The minimum atomic E-state index is -0.0686. The first-order chi connectivity index (χ1) is 4.43. The van der Waals surface area contributed by atoms with Crippen molar-refractivity contribution in [3.8, 4) is 0 Å². The van der Waals surface area contributed by atoms with Gasteiger partial charge in [-0.25, -0.2) is 0 Å². The van der Waals surface area contributed by atoms with E-state index in [4.69, 9.17) is 0 Å². The van der Waals surface area contributed by atoms with Gasteiger partial charge in [0.25, 0.3) is 0 Å². The minimum absolute atomic E-state index is 0. The SMILES string of the molecule is Cl.FOCc1ccccn1. The maximum Gasteiger partial charge on any atom is 0.130 e. The van der Waals surface area contributed by atoms with Crippen molar-refractivity contribution in [3.63, 3.8) is 0 Å². The molecule has 0 saturated carbocycles. The smallest absolute Gasteiger partial charge is 0.130 e. The maximum absolute atomic E-state index is 11.1. The number of hydrogen-bond acceptors (Lipinski definition) is 2. The van der Waals surface area contributed by atoms with Crippen molar-refractivity contribution in [1.82, 2.24) is 4.98 Å². The van der Waals surface area contributed by atoms with Crippen molar-refractivity contribution in [3.05, 3.63) is 30.1 Å². The molecule has 2 nitrogen and oxygen atoms in total. The monoisotopic (exact) mass is 163 g/mol. The fourth-order valence-electron chi connectivity index (χ4n) is 0.539. The lowest BCUT2D eigenvalue weighted by Crippen LogP contribution is -1.86. The van der Waals surface area contributed by atoms with Crippen LogP contribution in [-0.2, 0) is 11.5 Å². The molecule has 0 spiro atoms. The first kappa shape index (κ1) is 9.33. The third kappa shape index (κ3) is 2.75. The van der Waals surface area contributed by atoms with Crippen LogP contribution < -0.4 is 0 Å². The second-order valence-corrected chi connectivity index (χ2v) is 1.57. The molecule has 1 aromatic heterocycles. The van der Waals surface area contributed by atoms with Crippen LogP contribution in [0, 0.1) is 0 Å². The lowest BCUT2D eigenvalue weighted by atomic mass is 10.4. The number of halogens is 2. The van der Waals surface area contributed by atoms with Gasteiger partial charge in [0.1, 0.15) is 6.61 Å². The van der Waals surface area contributed by atoms with Gasteiger partial charge in [-0.2, -0.15) is 4.94 Å². The highest BCUT2D eigenvalue weighted by atomic mass is 35.5. The van der Waals surface area contributed by atoms with Crippen LogP contribution in [-0.4, -0.2) is 4.98 Å². The average molecular weight is 164 g/mol. The average Bonchev–Trinajstić information content (AvgIpc) is 1.91. The second kappa shape index (κ2) is 5.14. The third-order valence-corrected chi connectivity index (χ3v) is 0.929. The number of nitrogens with zero attached hydrogens (tertiary/aromatic N) is 1. The van der Waals surface area contributed by atoms with Crippen molar-refractivity contribution in [2.75, 3.05) is 0 Å². The molecule has 4 heteroatoms. The summed E-state index contributed by atoms with van der Waals surface area (Å²) in [6, 6.07) is 5.24. The van der Waals surface area contributed by atoms with Crippen LogP contribution in [0.4, 0.5) is 4.53 Å².